The molecule has 0 aliphatic carbocycles. The number of H-pyrrole nitrogens is 1. The van der Waals surface area contributed by atoms with E-state index in [1.165, 1.54) is 32.9 Å². The third-order valence-electron chi connectivity index (χ3n) is 5.35. The summed E-state index contributed by atoms with van der Waals surface area (Å²) in [5.41, 5.74) is 1.10. The van der Waals surface area contributed by atoms with Gasteiger partial charge in [0.2, 0.25) is 0 Å². The molecule has 0 aliphatic heterocycles. The Balaban J connectivity index is 1.66. The van der Waals surface area contributed by atoms with Crippen LogP contribution >= 0.6 is 23.4 Å². The minimum Gasteiger partial charge on any atom is -0.340 e. The molecule has 0 spiro atoms. The first kappa shape index (κ1) is 23.2. The first-order chi connectivity index (χ1) is 16.9. The molecular weight excluding hydrogens is 500 g/mol. The highest BCUT2D eigenvalue weighted by Crippen LogP contribution is 2.31. The van der Waals surface area contributed by atoms with Crippen LogP contribution in [0.1, 0.15) is 11.5 Å². The number of alkyl halides is 2. The van der Waals surface area contributed by atoms with Crippen molar-refractivity contribution < 1.29 is 8.78 Å². The van der Waals surface area contributed by atoms with E-state index in [0.717, 1.165) is 0 Å². The zero-order valence-corrected chi connectivity index (χ0v) is 19.8. The predicted octanol–water partition coefficient (Wildman–Crippen LogP) is 3.22. The van der Waals surface area contributed by atoms with Gasteiger partial charge in [0.25, 0.3) is 5.56 Å². The first-order valence-corrected chi connectivity index (χ1v) is 11.9. The monoisotopic (exact) mass is 517 g/mol. The lowest BCUT2D eigenvalue weighted by molar-refractivity contribution is 0.113. The summed E-state index contributed by atoms with van der Waals surface area (Å²) in [5.74, 6) is 0.439. The van der Waals surface area contributed by atoms with Crippen molar-refractivity contribution in [3.63, 3.8) is 0 Å². The second-order valence-electron chi connectivity index (χ2n) is 7.58. The zero-order valence-electron chi connectivity index (χ0n) is 18.3. The summed E-state index contributed by atoms with van der Waals surface area (Å²) in [6.07, 6.45) is 7.15. The Hall–Kier alpha value is -3.58. The van der Waals surface area contributed by atoms with Crippen molar-refractivity contribution in [2.24, 2.45) is 0 Å². The number of thioether (sulfide) groups is 1. The van der Waals surface area contributed by atoms with Crippen LogP contribution in [0.4, 0.5) is 14.6 Å². The molecule has 0 radical (unpaired) electrons. The van der Waals surface area contributed by atoms with Gasteiger partial charge in [-0.05, 0) is 24.5 Å². The fourth-order valence-electron chi connectivity index (χ4n) is 3.69. The van der Waals surface area contributed by atoms with Crippen LogP contribution in [-0.4, -0.2) is 57.2 Å². The number of pyridine rings is 1. The topological polar surface area (TPSA) is 110 Å². The van der Waals surface area contributed by atoms with Crippen LogP contribution in [0.5, 0.6) is 0 Å². The average molecular weight is 518 g/mol. The van der Waals surface area contributed by atoms with Gasteiger partial charge in [-0.25, -0.2) is 19.5 Å². The molecule has 10 nitrogen and oxygen atoms in total. The summed E-state index contributed by atoms with van der Waals surface area (Å²) >= 11 is 6.65. The van der Waals surface area contributed by atoms with Gasteiger partial charge in [0, 0.05) is 12.4 Å². The number of aromatic nitrogens is 8. The molecule has 1 N–H and O–H groups in total. The summed E-state index contributed by atoms with van der Waals surface area (Å²) in [6.45, 7) is -0.770. The fourth-order valence-corrected chi connectivity index (χ4v) is 4.20. The maximum Gasteiger partial charge on any atom is 0.310 e. The van der Waals surface area contributed by atoms with Crippen LogP contribution in [0.2, 0.25) is 5.02 Å². The standard InChI is InChI=1S/C21H18ClF2N9OS/c1-35-21(23,24)10-31(19-16-18(27-11-26-16)28-12-29-19)9-15-30-33-7-5-14(22)17(33)20(34)32(15)8-13-4-2-3-6-25-13/h2-7,11-12H,8-10H2,1H3,(H,26,27,28,29). The van der Waals surface area contributed by atoms with Gasteiger partial charge in [0.05, 0.1) is 36.7 Å². The van der Waals surface area contributed by atoms with Crippen molar-refractivity contribution in [1.29, 1.82) is 0 Å². The van der Waals surface area contributed by atoms with Gasteiger partial charge in [-0.15, -0.1) is 0 Å². The van der Waals surface area contributed by atoms with E-state index in [1.54, 1.807) is 36.7 Å². The minimum absolute atomic E-state index is 0.0794. The summed E-state index contributed by atoms with van der Waals surface area (Å²) in [5, 5.41) is 1.68. The third kappa shape index (κ3) is 4.56. The van der Waals surface area contributed by atoms with E-state index in [2.05, 4.69) is 30.0 Å². The van der Waals surface area contributed by atoms with Crippen LogP contribution in [-0.2, 0) is 13.1 Å². The van der Waals surface area contributed by atoms with Gasteiger partial charge in [-0.2, -0.15) is 13.9 Å². The molecule has 0 aliphatic rings. The summed E-state index contributed by atoms with van der Waals surface area (Å²) in [6, 6.07) is 6.87. The summed E-state index contributed by atoms with van der Waals surface area (Å²) in [4.78, 5) is 34.4. The van der Waals surface area contributed by atoms with Gasteiger partial charge in [-0.1, -0.05) is 29.4 Å². The molecule has 5 aromatic rings. The van der Waals surface area contributed by atoms with E-state index in [9.17, 15) is 13.6 Å². The molecule has 5 aromatic heterocycles. The van der Waals surface area contributed by atoms with E-state index in [1.807, 2.05) is 0 Å². The maximum absolute atomic E-state index is 14.6. The van der Waals surface area contributed by atoms with E-state index in [4.69, 9.17) is 11.6 Å². The van der Waals surface area contributed by atoms with Gasteiger partial charge >= 0.3 is 5.25 Å². The van der Waals surface area contributed by atoms with Crippen LogP contribution in [0.15, 0.2) is 54.1 Å². The number of fused-ring (bicyclic) bond motifs is 2. The van der Waals surface area contributed by atoms with E-state index < -0.39 is 17.4 Å². The fraction of sp³-hybridized carbons (Fsp3) is 0.238. The smallest absolute Gasteiger partial charge is 0.310 e. The zero-order chi connectivity index (χ0) is 24.6. The number of hydrogen-bond acceptors (Lipinski definition) is 8. The van der Waals surface area contributed by atoms with Crippen molar-refractivity contribution in [3.05, 3.63) is 76.2 Å². The van der Waals surface area contributed by atoms with Crippen molar-refractivity contribution >= 4 is 45.9 Å². The number of rotatable bonds is 8. The molecule has 0 saturated carbocycles. The second kappa shape index (κ2) is 9.23. The molecule has 0 amide bonds. The minimum atomic E-state index is -3.11. The molecule has 0 aromatic carbocycles. The molecule has 35 heavy (non-hydrogen) atoms. The molecule has 0 unspecified atom stereocenters. The summed E-state index contributed by atoms with van der Waals surface area (Å²) in [7, 11) is 0. The number of anilines is 1. The number of imidazole rings is 1. The summed E-state index contributed by atoms with van der Waals surface area (Å²) < 4.78 is 32.0. The second-order valence-corrected chi connectivity index (χ2v) is 8.99. The highest BCUT2D eigenvalue weighted by molar-refractivity contribution is 7.99. The molecule has 0 atom stereocenters. The Morgan fingerprint density at radius 2 is 2.06 bits per heavy atom. The SMILES string of the molecule is CSC(F)(F)CN(Cc1nn2ccc(Cl)c2c(=O)n1Cc1ccccn1)c1ncnc2nc[nH]c12. The number of aromatic amines is 1. The molecule has 5 heterocycles. The van der Waals surface area contributed by atoms with Crippen molar-refractivity contribution in [1.82, 2.24) is 39.1 Å². The number of hydrogen-bond donors (Lipinski definition) is 1. The molecule has 0 bridgehead atoms. The van der Waals surface area contributed by atoms with Crippen LogP contribution in [0.25, 0.3) is 16.7 Å². The quantitative estimate of drug-likeness (QED) is 0.334. The van der Waals surface area contributed by atoms with Gasteiger partial charge in [0.15, 0.2) is 17.3 Å². The Labute approximate surface area is 206 Å². The Morgan fingerprint density at radius 1 is 1.20 bits per heavy atom. The van der Waals surface area contributed by atoms with Crippen molar-refractivity contribution in [2.75, 3.05) is 17.7 Å². The molecule has 0 fully saturated rings. The van der Waals surface area contributed by atoms with E-state index in [-0.39, 0.29) is 35.3 Å². The first-order valence-electron chi connectivity index (χ1n) is 10.3. The lowest BCUT2D eigenvalue weighted by atomic mass is 10.3. The molecule has 0 saturated heterocycles. The largest absolute Gasteiger partial charge is 0.340 e. The van der Waals surface area contributed by atoms with E-state index >= 15 is 0 Å². The lowest BCUT2D eigenvalue weighted by Gasteiger charge is -2.28. The van der Waals surface area contributed by atoms with Crippen LogP contribution in [0.3, 0.4) is 0 Å². The molecular formula is C21H18ClF2N9OS. The Kier molecular flexibility index (Phi) is 6.11. The van der Waals surface area contributed by atoms with Crippen LogP contribution < -0.4 is 10.5 Å². The highest BCUT2D eigenvalue weighted by atomic mass is 35.5. The third-order valence-corrected chi connectivity index (χ3v) is 6.39. The van der Waals surface area contributed by atoms with Gasteiger partial charge < -0.3 is 9.88 Å². The van der Waals surface area contributed by atoms with Gasteiger partial charge in [-0.3, -0.25) is 14.3 Å². The number of halogens is 3. The highest BCUT2D eigenvalue weighted by Gasteiger charge is 2.33. The lowest BCUT2D eigenvalue weighted by Crippen LogP contribution is -2.38. The average Bonchev–Trinajstić information content (AvgIpc) is 3.48. The van der Waals surface area contributed by atoms with Crippen molar-refractivity contribution in [3.8, 4) is 0 Å². The molecule has 180 valence electrons. The van der Waals surface area contributed by atoms with Crippen molar-refractivity contribution in [2.45, 2.75) is 18.3 Å². The van der Waals surface area contributed by atoms with Crippen LogP contribution in [0, 0.1) is 0 Å². The predicted molar refractivity (Wildman–Crippen MR) is 129 cm³/mol. The Morgan fingerprint density at radius 3 is 2.83 bits per heavy atom. The molecule has 14 heteroatoms. The molecule has 5 rings (SSSR count). The number of nitrogens with zero attached hydrogens (tertiary/aromatic N) is 8. The maximum atomic E-state index is 14.6. The Bertz CT molecular complexity index is 1550. The van der Waals surface area contributed by atoms with Gasteiger partial charge in [0.1, 0.15) is 17.4 Å². The number of nitrogens with one attached hydrogen (secondary N) is 1. The van der Waals surface area contributed by atoms with E-state index in [0.29, 0.717) is 28.6 Å². The normalized spacial score (nSPS) is 12.0.